The Balaban J connectivity index is 1.36. The third kappa shape index (κ3) is 5.31. The number of hydrogen-bond donors (Lipinski definition) is 1. The lowest BCUT2D eigenvalue weighted by atomic mass is 9.79. The average molecular weight is 436 g/mol. The number of nitrogens with one attached hydrogen (secondary N) is 1. The Kier molecular flexibility index (Phi) is 7.12. The maximum Gasteiger partial charge on any atom is 0.239 e. The first-order valence-electron chi connectivity index (χ1n) is 11.8. The van der Waals surface area contributed by atoms with Gasteiger partial charge in [-0.3, -0.25) is 14.6 Å². The van der Waals surface area contributed by atoms with Crippen molar-refractivity contribution in [3.63, 3.8) is 0 Å². The first-order valence-corrected chi connectivity index (χ1v) is 11.8. The number of carbonyl (C=O) groups is 2. The van der Waals surface area contributed by atoms with Crippen molar-refractivity contribution in [2.24, 2.45) is 5.92 Å². The molecule has 2 aliphatic rings. The Bertz CT molecular complexity index is 939. The van der Waals surface area contributed by atoms with Crippen LogP contribution in [-0.2, 0) is 9.59 Å². The fraction of sp³-hybridized carbons (Fsp3) is 0.560. The van der Waals surface area contributed by atoms with Gasteiger partial charge in [0.25, 0.3) is 0 Å². The van der Waals surface area contributed by atoms with E-state index in [4.69, 9.17) is 4.98 Å². The third-order valence-corrected chi connectivity index (χ3v) is 6.67. The fourth-order valence-electron chi connectivity index (χ4n) is 4.75. The van der Waals surface area contributed by atoms with E-state index in [1.807, 2.05) is 30.7 Å². The fourth-order valence-corrected chi connectivity index (χ4v) is 4.75. The monoisotopic (exact) mass is 435 g/mol. The lowest BCUT2D eigenvalue weighted by Crippen LogP contribution is -2.40. The first-order chi connectivity index (χ1) is 15.5. The van der Waals surface area contributed by atoms with Crippen LogP contribution in [0.1, 0.15) is 75.7 Å². The maximum absolute atomic E-state index is 12.2. The van der Waals surface area contributed by atoms with Crippen LogP contribution in [0.4, 0.5) is 0 Å². The van der Waals surface area contributed by atoms with Crippen LogP contribution in [0.15, 0.2) is 30.7 Å². The molecule has 7 heteroatoms. The van der Waals surface area contributed by atoms with Crippen molar-refractivity contribution in [2.75, 3.05) is 19.6 Å². The first kappa shape index (κ1) is 22.4. The molecular formula is C25H33N5O2. The van der Waals surface area contributed by atoms with Crippen molar-refractivity contribution < 1.29 is 9.59 Å². The van der Waals surface area contributed by atoms with Crippen LogP contribution in [0.2, 0.25) is 0 Å². The van der Waals surface area contributed by atoms with Crippen molar-refractivity contribution in [2.45, 2.75) is 64.2 Å². The van der Waals surface area contributed by atoms with Crippen LogP contribution < -0.4 is 5.32 Å². The van der Waals surface area contributed by atoms with Crippen LogP contribution in [-0.4, -0.2) is 51.3 Å². The van der Waals surface area contributed by atoms with Gasteiger partial charge in [0, 0.05) is 55.5 Å². The number of nitrogens with zero attached hydrogens (tertiary/aromatic N) is 4. The minimum atomic E-state index is -0.0419. The van der Waals surface area contributed by atoms with Crippen LogP contribution in [0.3, 0.4) is 0 Å². The van der Waals surface area contributed by atoms with Crippen molar-refractivity contribution in [3.8, 4) is 11.1 Å². The molecule has 7 nitrogen and oxygen atoms in total. The number of likely N-dealkylation sites (tertiary alicyclic amines) is 1. The summed E-state index contributed by atoms with van der Waals surface area (Å²) in [4.78, 5) is 39.4. The van der Waals surface area contributed by atoms with E-state index in [-0.39, 0.29) is 24.3 Å². The highest BCUT2D eigenvalue weighted by molar-refractivity contribution is 5.85. The summed E-state index contributed by atoms with van der Waals surface area (Å²) in [5, 5.41) is 3.05. The van der Waals surface area contributed by atoms with Crippen LogP contribution in [0.25, 0.3) is 11.1 Å². The van der Waals surface area contributed by atoms with E-state index in [1.54, 1.807) is 4.90 Å². The maximum atomic E-state index is 12.2. The SMILES string of the molecule is CC(C)c1ncc(-c2ccncc2)c(C2CCC(CNC(=O)CN3CCCC3=O)CC2)n1. The van der Waals surface area contributed by atoms with E-state index in [0.29, 0.717) is 31.3 Å². The minimum absolute atomic E-state index is 0.0419. The Hall–Kier alpha value is -2.83. The van der Waals surface area contributed by atoms with Gasteiger partial charge in [-0.1, -0.05) is 13.8 Å². The van der Waals surface area contributed by atoms with E-state index in [9.17, 15) is 9.59 Å². The van der Waals surface area contributed by atoms with Gasteiger partial charge in [0.2, 0.25) is 11.8 Å². The lowest BCUT2D eigenvalue weighted by molar-refractivity contribution is -0.133. The van der Waals surface area contributed by atoms with E-state index >= 15 is 0 Å². The molecular weight excluding hydrogens is 402 g/mol. The molecule has 0 unspecified atom stereocenters. The molecule has 0 aromatic carbocycles. The molecule has 0 atom stereocenters. The summed E-state index contributed by atoms with van der Waals surface area (Å²) in [5.41, 5.74) is 3.35. The molecule has 170 valence electrons. The highest BCUT2D eigenvalue weighted by Gasteiger charge is 2.27. The second-order valence-electron chi connectivity index (χ2n) is 9.36. The summed E-state index contributed by atoms with van der Waals surface area (Å²) >= 11 is 0. The minimum Gasteiger partial charge on any atom is -0.354 e. The smallest absolute Gasteiger partial charge is 0.239 e. The Morgan fingerprint density at radius 3 is 2.59 bits per heavy atom. The zero-order valence-corrected chi connectivity index (χ0v) is 19.1. The van der Waals surface area contributed by atoms with Gasteiger partial charge in [-0.2, -0.15) is 0 Å². The summed E-state index contributed by atoms with van der Waals surface area (Å²) in [6, 6.07) is 4.03. The topological polar surface area (TPSA) is 88.1 Å². The molecule has 1 saturated heterocycles. The van der Waals surface area contributed by atoms with Gasteiger partial charge in [-0.25, -0.2) is 9.97 Å². The van der Waals surface area contributed by atoms with Crippen molar-refractivity contribution in [1.82, 2.24) is 25.2 Å². The molecule has 4 rings (SSSR count). The van der Waals surface area contributed by atoms with Crippen molar-refractivity contribution in [1.29, 1.82) is 0 Å². The summed E-state index contributed by atoms with van der Waals surface area (Å²) in [5.74, 6) is 2.10. The summed E-state index contributed by atoms with van der Waals surface area (Å²) in [6.45, 7) is 5.84. The zero-order chi connectivity index (χ0) is 22.5. The Morgan fingerprint density at radius 2 is 1.94 bits per heavy atom. The molecule has 2 aromatic heterocycles. The van der Waals surface area contributed by atoms with Gasteiger partial charge >= 0.3 is 0 Å². The molecule has 0 radical (unpaired) electrons. The van der Waals surface area contributed by atoms with Crippen LogP contribution in [0.5, 0.6) is 0 Å². The van der Waals surface area contributed by atoms with Crippen LogP contribution in [0, 0.1) is 5.92 Å². The van der Waals surface area contributed by atoms with E-state index < -0.39 is 0 Å². The number of aromatic nitrogens is 3. The number of amides is 2. The number of hydrogen-bond acceptors (Lipinski definition) is 5. The van der Waals surface area contributed by atoms with Gasteiger partial charge < -0.3 is 10.2 Å². The molecule has 1 aliphatic heterocycles. The molecule has 32 heavy (non-hydrogen) atoms. The molecule has 0 bridgehead atoms. The van der Waals surface area contributed by atoms with Gasteiger partial charge in [0.15, 0.2) is 0 Å². The number of rotatable bonds is 7. The second kappa shape index (κ2) is 10.2. The molecule has 1 N–H and O–H groups in total. The highest BCUT2D eigenvalue weighted by Crippen LogP contribution is 2.39. The molecule has 2 amide bonds. The Labute approximate surface area is 190 Å². The third-order valence-electron chi connectivity index (χ3n) is 6.67. The predicted molar refractivity (Wildman–Crippen MR) is 123 cm³/mol. The zero-order valence-electron chi connectivity index (χ0n) is 19.1. The molecule has 2 fully saturated rings. The van der Waals surface area contributed by atoms with Crippen LogP contribution >= 0.6 is 0 Å². The molecule has 1 saturated carbocycles. The van der Waals surface area contributed by atoms with E-state index in [2.05, 4.69) is 29.1 Å². The quantitative estimate of drug-likeness (QED) is 0.717. The van der Waals surface area contributed by atoms with Crippen molar-refractivity contribution >= 4 is 11.8 Å². The lowest BCUT2D eigenvalue weighted by Gasteiger charge is -2.30. The average Bonchev–Trinajstić information content (AvgIpc) is 3.22. The summed E-state index contributed by atoms with van der Waals surface area (Å²) in [6.07, 6.45) is 11.2. The number of pyridine rings is 1. The number of carbonyl (C=O) groups excluding carboxylic acids is 2. The van der Waals surface area contributed by atoms with Gasteiger partial charge in [0.05, 0.1) is 12.2 Å². The standard InChI is InChI=1S/C25H33N5O2/c1-17(2)25-28-15-21(19-9-11-26-12-10-19)24(29-25)20-7-5-18(6-8-20)14-27-22(31)16-30-13-3-4-23(30)32/h9-12,15,17-18,20H,3-8,13-14,16H2,1-2H3,(H,27,31). The van der Waals surface area contributed by atoms with Gasteiger partial charge in [0.1, 0.15) is 5.82 Å². The largest absolute Gasteiger partial charge is 0.354 e. The van der Waals surface area contributed by atoms with Crippen molar-refractivity contribution in [3.05, 3.63) is 42.2 Å². The molecule has 2 aromatic rings. The van der Waals surface area contributed by atoms with Gasteiger partial charge in [-0.15, -0.1) is 0 Å². The predicted octanol–water partition coefficient (Wildman–Crippen LogP) is 3.67. The summed E-state index contributed by atoms with van der Waals surface area (Å²) < 4.78 is 0. The molecule has 0 spiro atoms. The normalized spacial score (nSPS) is 21.2. The molecule has 1 aliphatic carbocycles. The van der Waals surface area contributed by atoms with E-state index in [0.717, 1.165) is 54.7 Å². The Morgan fingerprint density at radius 1 is 1.19 bits per heavy atom. The molecule has 3 heterocycles. The highest BCUT2D eigenvalue weighted by atomic mass is 16.2. The van der Waals surface area contributed by atoms with E-state index in [1.165, 1.54) is 0 Å². The second-order valence-corrected chi connectivity index (χ2v) is 9.36. The van der Waals surface area contributed by atoms with Gasteiger partial charge in [-0.05, 0) is 55.7 Å². The summed E-state index contributed by atoms with van der Waals surface area (Å²) in [7, 11) is 0.